The van der Waals surface area contributed by atoms with Crippen molar-refractivity contribution in [3.63, 3.8) is 0 Å². The molecule has 5 heteroatoms. The molecule has 0 amide bonds. The fraction of sp³-hybridized carbons (Fsp3) is 0.250. The van der Waals surface area contributed by atoms with E-state index in [4.69, 9.17) is 10.8 Å². The summed E-state index contributed by atoms with van der Waals surface area (Å²) in [6.45, 7) is -0.171. The Labute approximate surface area is 91.1 Å². The summed E-state index contributed by atoms with van der Waals surface area (Å²) in [5, 5.41) is 18.1. The highest BCUT2D eigenvalue weighted by Crippen LogP contribution is 2.25. The molecule has 0 saturated heterocycles. The van der Waals surface area contributed by atoms with Crippen molar-refractivity contribution >= 4 is 28.3 Å². The van der Waals surface area contributed by atoms with Gasteiger partial charge in [-0.05, 0) is 12.1 Å². The lowest BCUT2D eigenvalue weighted by molar-refractivity contribution is 0.265. The van der Waals surface area contributed by atoms with Crippen LogP contribution in [-0.2, 0) is 0 Å². The van der Waals surface area contributed by atoms with Crippen LogP contribution in [-0.4, -0.2) is 16.8 Å². The van der Waals surface area contributed by atoms with E-state index < -0.39 is 6.04 Å². The van der Waals surface area contributed by atoms with Crippen LogP contribution in [0.3, 0.4) is 0 Å². The Balaban J connectivity index is 0.00000144. The van der Waals surface area contributed by atoms with Gasteiger partial charge in [-0.25, -0.2) is 0 Å². The molecule has 0 spiro atoms. The third-order valence-electron chi connectivity index (χ3n) is 1.59. The Morgan fingerprint density at radius 2 is 2.08 bits per heavy atom. The highest BCUT2D eigenvalue weighted by atomic mass is 79.9. The molecule has 13 heavy (non-hydrogen) atoms. The summed E-state index contributed by atoms with van der Waals surface area (Å²) in [7, 11) is 0. The van der Waals surface area contributed by atoms with Gasteiger partial charge >= 0.3 is 0 Å². The van der Waals surface area contributed by atoms with Gasteiger partial charge in [0.1, 0.15) is 5.75 Å². The first-order valence-corrected chi connectivity index (χ1v) is 4.29. The van der Waals surface area contributed by atoms with Crippen molar-refractivity contribution in [3.8, 4) is 5.75 Å². The maximum Gasteiger partial charge on any atom is 0.121 e. The van der Waals surface area contributed by atoms with Crippen LogP contribution in [0, 0.1) is 0 Å². The zero-order valence-electron chi connectivity index (χ0n) is 6.77. The van der Waals surface area contributed by atoms with Crippen LogP contribution in [0.25, 0.3) is 0 Å². The number of aliphatic hydroxyl groups excluding tert-OH is 1. The molecule has 0 unspecified atom stereocenters. The second-order valence-corrected chi connectivity index (χ2v) is 3.41. The van der Waals surface area contributed by atoms with Crippen LogP contribution in [0.2, 0.25) is 0 Å². The van der Waals surface area contributed by atoms with Gasteiger partial charge in [0.25, 0.3) is 0 Å². The predicted molar refractivity (Wildman–Crippen MR) is 57.1 cm³/mol. The first kappa shape index (κ1) is 12.7. The highest BCUT2D eigenvalue weighted by Gasteiger charge is 2.08. The van der Waals surface area contributed by atoms with E-state index in [0.717, 1.165) is 4.47 Å². The van der Waals surface area contributed by atoms with Crippen molar-refractivity contribution in [2.75, 3.05) is 6.61 Å². The van der Waals surface area contributed by atoms with Gasteiger partial charge in [0.05, 0.1) is 12.6 Å². The molecular formula is C8H11BrClNO2. The minimum absolute atomic E-state index is 0. The van der Waals surface area contributed by atoms with Crippen LogP contribution in [0.5, 0.6) is 5.75 Å². The van der Waals surface area contributed by atoms with Gasteiger partial charge in [-0.15, -0.1) is 12.4 Å². The monoisotopic (exact) mass is 267 g/mol. The SMILES string of the molecule is Cl.N[C@@H](CO)c1ccc(Br)cc1O. The Morgan fingerprint density at radius 1 is 1.46 bits per heavy atom. The minimum Gasteiger partial charge on any atom is -0.508 e. The van der Waals surface area contributed by atoms with Crippen molar-refractivity contribution in [3.05, 3.63) is 28.2 Å². The molecule has 0 radical (unpaired) electrons. The molecule has 0 aliphatic heterocycles. The lowest BCUT2D eigenvalue weighted by Crippen LogP contribution is -2.14. The zero-order chi connectivity index (χ0) is 9.14. The number of benzene rings is 1. The van der Waals surface area contributed by atoms with Gasteiger partial charge in [-0.1, -0.05) is 22.0 Å². The first-order chi connectivity index (χ1) is 5.65. The number of aliphatic hydroxyl groups is 1. The van der Waals surface area contributed by atoms with Gasteiger partial charge in [0.2, 0.25) is 0 Å². The summed E-state index contributed by atoms with van der Waals surface area (Å²) in [6.07, 6.45) is 0. The van der Waals surface area contributed by atoms with Crippen LogP contribution in [0.1, 0.15) is 11.6 Å². The van der Waals surface area contributed by atoms with Gasteiger partial charge in [0, 0.05) is 10.0 Å². The van der Waals surface area contributed by atoms with E-state index in [2.05, 4.69) is 15.9 Å². The lowest BCUT2D eigenvalue weighted by atomic mass is 10.1. The van der Waals surface area contributed by atoms with Crippen molar-refractivity contribution in [2.45, 2.75) is 6.04 Å². The predicted octanol–water partition coefficient (Wildman–Crippen LogP) is 1.57. The van der Waals surface area contributed by atoms with Gasteiger partial charge < -0.3 is 15.9 Å². The summed E-state index contributed by atoms with van der Waals surface area (Å²) >= 11 is 3.20. The summed E-state index contributed by atoms with van der Waals surface area (Å²) in [6, 6.07) is 4.48. The molecule has 0 fully saturated rings. The lowest BCUT2D eigenvalue weighted by Gasteiger charge is -2.10. The summed E-state index contributed by atoms with van der Waals surface area (Å²) < 4.78 is 0.786. The van der Waals surface area contributed by atoms with E-state index in [1.807, 2.05) is 0 Å². The molecule has 0 aliphatic carbocycles. The first-order valence-electron chi connectivity index (χ1n) is 3.50. The molecule has 1 aromatic carbocycles. The third-order valence-corrected chi connectivity index (χ3v) is 2.08. The molecule has 0 bridgehead atoms. The molecule has 1 rings (SSSR count). The van der Waals surface area contributed by atoms with Crippen molar-refractivity contribution in [2.24, 2.45) is 5.73 Å². The van der Waals surface area contributed by atoms with Crippen molar-refractivity contribution in [1.29, 1.82) is 0 Å². The molecule has 0 aromatic heterocycles. The van der Waals surface area contributed by atoms with Crippen LogP contribution < -0.4 is 5.73 Å². The van der Waals surface area contributed by atoms with Gasteiger partial charge in [0.15, 0.2) is 0 Å². The molecule has 3 nitrogen and oxygen atoms in total. The maximum atomic E-state index is 9.37. The Kier molecular flexibility index (Phi) is 5.32. The van der Waals surface area contributed by atoms with Crippen LogP contribution in [0.15, 0.2) is 22.7 Å². The molecule has 0 heterocycles. The van der Waals surface area contributed by atoms with Crippen molar-refractivity contribution in [1.82, 2.24) is 0 Å². The summed E-state index contributed by atoms with van der Waals surface area (Å²) in [4.78, 5) is 0. The second kappa shape index (κ2) is 5.44. The third kappa shape index (κ3) is 3.15. The number of hydrogen-bond donors (Lipinski definition) is 3. The molecule has 0 aliphatic rings. The Hall–Kier alpha value is -0.290. The molecule has 1 atom stereocenters. The van der Waals surface area contributed by atoms with E-state index in [1.165, 1.54) is 0 Å². The Morgan fingerprint density at radius 3 is 2.54 bits per heavy atom. The average molecular weight is 269 g/mol. The minimum atomic E-state index is -0.516. The number of aromatic hydroxyl groups is 1. The number of phenols is 1. The number of nitrogens with two attached hydrogens (primary N) is 1. The quantitative estimate of drug-likeness (QED) is 0.763. The number of hydrogen-bond acceptors (Lipinski definition) is 3. The molecule has 1 aromatic rings. The second-order valence-electron chi connectivity index (χ2n) is 2.49. The van der Waals surface area contributed by atoms with E-state index >= 15 is 0 Å². The molecular weight excluding hydrogens is 257 g/mol. The smallest absolute Gasteiger partial charge is 0.121 e. The fourth-order valence-corrected chi connectivity index (χ4v) is 1.28. The van der Waals surface area contributed by atoms with E-state index in [1.54, 1.807) is 18.2 Å². The van der Waals surface area contributed by atoms with Gasteiger partial charge in [-0.3, -0.25) is 0 Å². The maximum absolute atomic E-state index is 9.37. The molecule has 0 saturated carbocycles. The van der Waals surface area contributed by atoms with Crippen LogP contribution in [0.4, 0.5) is 0 Å². The highest BCUT2D eigenvalue weighted by molar-refractivity contribution is 9.10. The topological polar surface area (TPSA) is 66.5 Å². The Bertz CT molecular complexity index is 283. The summed E-state index contributed by atoms with van der Waals surface area (Å²) in [5.74, 6) is 0.103. The van der Waals surface area contributed by atoms with E-state index in [0.29, 0.717) is 5.56 Å². The average Bonchev–Trinajstić information content (AvgIpc) is 2.03. The molecule has 4 N–H and O–H groups in total. The van der Waals surface area contributed by atoms with Crippen LogP contribution >= 0.6 is 28.3 Å². The molecule has 74 valence electrons. The number of halogens is 2. The summed E-state index contributed by atoms with van der Waals surface area (Å²) in [5.41, 5.74) is 6.08. The fourth-order valence-electron chi connectivity index (χ4n) is 0.929. The standard InChI is InChI=1S/C8H10BrNO2.ClH/c9-5-1-2-6(7(10)4-11)8(12)3-5;/h1-3,7,11-12H,4,10H2;1H/t7-;/m0./s1. The normalized spacial score (nSPS) is 11.9. The number of phenolic OH excluding ortho intramolecular Hbond substituents is 1. The largest absolute Gasteiger partial charge is 0.508 e. The van der Waals surface area contributed by atoms with E-state index in [9.17, 15) is 5.11 Å². The van der Waals surface area contributed by atoms with Gasteiger partial charge in [-0.2, -0.15) is 0 Å². The zero-order valence-corrected chi connectivity index (χ0v) is 9.18. The number of rotatable bonds is 2. The van der Waals surface area contributed by atoms with Crippen molar-refractivity contribution < 1.29 is 10.2 Å². The van der Waals surface area contributed by atoms with E-state index in [-0.39, 0.29) is 24.8 Å².